The Morgan fingerprint density at radius 2 is 1.16 bits per heavy atom. The number of benzene rings is 2. The molecule has 2 aliphatic rings. The third-order valence-electron chi connectivity index (χ3n) is 12.2. The van der Waals surface area contributed by atoms with Gasteiger partial charge in [-0.25, -0.2) is 9.97 Å². The first-order valence-corrected chi connectivity index (χ1v) is 21.4. The minimum atomic E-state index is -0.335. The van der Waals surface area contributed by atoms with Crippen LogP contribution in [0.1, 0.15) is 138 Å². The molecular formula is C50H57N5O3. The maximum absolute atomic E-state index is 11.9. The van der Waals surface area contributed by atoms with Gasteiger partial charge in [-0.1, -0.05) is 66.5 Å². The number of non-ortho nitro benzene ring substituents is 1. The lowest BCUT2D eigenvalue weighted by Gasteiger charge is -2.11. The fourth-order valence-corrected chi connectivity index (χ4v) is 9.12. The lowest BCUT2D eigenvalue weighted by atomic mass is 9.92. The number of rotatable bonds is 13. The third-order valence-corrected chi connectivity index (χ3v) is 12.2. The second kappa shape index (κ2) is 17.0. The molecule has 2 aromatic carbocycles. The average Bonchev–Trinajstić information content (AvgIpc) is 3.94. The lowest BCUT2D eigenvalue weighted by Crippen LogP contribution is -1.94. The Bertz CT molecular complexity index is 2620. The van der Waals surface area contributed by atoms with Crippen LogP contribution in [0.25, 0.3) is 66.6 Å². The molecule has 5 heterocycles. The zero-order valence-corrected chi connectivity index (χ0v) is 35.4. The number of nitrogens with zero attached hydrogens (tertiary/aromatic N) is 3. The highest BCUT2D eigenvalue weighted by Crippen LogP contribution is 2.45. The predicted octanol–water partition coefficient (Wildman–Crippen LogP) is 13.9. The molecule has 0 spiro atoms. The molecule has 300 valence electrons. The highest BCUT2D eigenvalue weighted by atomic mass is 16.6. The topological polar surface area (TPSA) is 121 Å². The molecule has 0 aliphatic carbocycles. The van der Waals surface area contributed by atoms with E-state index in [-0.39, 0.29) is 16.4 Å². The number of nitro groups is 1. The Balaban J connectivity index is 1.77. The SMILES string of the molecule is CCCCC1=C(C)c2cc3[nH]c(c(CC)c3CC)c(-c3ccc(O)cc3)c3nc(cc4[nH]c(c(CCCC)c4C)c(-c4ccc([N+](=O)[O-])cc4)c1n2)C(CC)=C3CC. The number of fused-ring (bicyclic) bond motifs is 8. The van der Waals surface area contributed by atoms with Crippen molar-refractivity contribution in [2.45, 2.75) is 120 Å². The molecule has 8 bridgehead atoms. The number of aryl methyl sites for hydroxylation is 4. The zero-order chi connectivity index (χ0) is 41.2. The van der Waals surface area contributed by atoms with E-state index in [0.717, 1.165) is 137 Å². The highest BCUT2D eigenvalue weighted by Gasteiger charge is 2.27. The molecule has 3 aromatic heterocycles. The summed E-state index contributed by atoms with van der Waals surface area (Å²) in [5, 5.41) is 22.3. The van der Waals surface area contributed by atoms with Crippen molar-refractivity contribution in [2.75, 3.05) is 0 Å². The summed E-state index contributed by atoms with van der Waals surface area (Å²) in [5.41, 5.74) is 21.6. The van der Waals surface area contributed by atoms with Gasteiger partial charge in [-0.2, -0.15) is 0 Å². The molecule has 0 atom stereocenters. The molecule has 2 aliphatic heterocycles. The van der Waals surface area contributed by atoms with Crippen LogP contribution in [-0.2, 0) is 19.3 Å². The van der Waals surface area contributed by atoms with Crippen molar-refractivity contribution >= 4 is 50.0 Å². The predicted molar refractivity (Wildman–Crippen MR) is 242 cm³/mol. The van der Waals surface area contributed by atoms with E-state index in [4.69, 9.17) is 9.97 Å². The first-order chi connectivity index (χ1) is 28.1. The van der Waals surface area contributed by atoms with E-state index in [1.807, 2.05) is 24.3 Å². The van der Waals surface area contributed by atoms with Crippen LogP contribution < -0.4 is 0 Å². The van der Waals surface area contributed by atoms with Crippen molar-refractivity contribution < 1.29 is 10.0 Å². The Hall–Kier alpha value is -5.76. The van der Waals surface area contributed by atoms with Gasteiger partial charge in [0.05, 0.1) is 38.7 Å². The van der Waals surface area contributed by atoms with Crippen molar-refractivity contribution in [2.24, 2.45) is 0 Å². The van der Waals surface area contributed by atoms with Gasteiger partial charge in [-0.15, -0.1) is 0 Å². The van der Waals surface area contributed by atoms with Crippen LogP contribution >= 0.6 is 0 Å². The van der Waals surface area contributed by atoms with E-state index in [9.17, 15) is 15.2 Å². The van der Waals surface area contributed by atoms with Crippen LogP contribution in [0, 0.1) is 17.0 Å². The monoisotopic (exact) mass is 775 g/mol. The van der Waals surface area contributed by atoms with Gasteiger partial charge in [0.25, 0.3) is 5.69 Å². The molecule has 5 aromatic rings. The number of hydrogen-bond donors (Lipinski definition) is 3. The van der Waals surface area contributed by atoms with Crippen LogP contribution in [0.4, 0.5) is 5.69 Å². The quantitative estimate of drug-likeness (QED) is 0.0812. The minimum absolute atomic E-state index is 0.0640. The van der Waals surface area contributed by atoms with E-state index in [2.05, 4.69) is 77.5 Å². The average molecular weight is 776 g/mol. The zero-order valence-electron chi connectivity index (χ0n) is 35.4. The Morgan fingerprint density at radius 1 is 0.621 bits per heavy atom. The molecule has 8 heteroatoms. The fraction of sp³-hybridized carbons (Fsp3) is 0.360. The van der Waals surface area contributed by atoms with Crippen LogP contribution in [-0.4, -0.2) is 30.0 Å². The van der Waals surface area contributed by atoms with Crippen LogP contribution in [0.3, 0.4) is 0 Å². The summed E-state index contributed by atoms with van der Waals surface area (Å²) in [4.78, 5) is 30.6. The summed E-state index contributed by atoms with van der Waals surface area (Å²) in [6.07, 6.45) is 9.18. The van der Waals surface area contributed by atoms with Crippen molar-refractivity contribution in [3.63, 3.8) is 0 Å². The molecule has 0 saturated carbocycles. The summed E-state index contributed by atoms with van der Waals surface area (Å²) in [6, 6.07) is 19.0. The number of aromatic amines is 2. The van der Waals surface area contributed by atoms with Gasteiger partial charge >= 0.3 is 0 Å². The van der Waals surface area contributed by atoms with E-state index in [1.165, 1.54) is 39.0 Å². The number of nitro benzene ring substituents is 1. The van der Waals surface area contributed by atoms with Crippen molar-refractivity contribution in [1.82, 2.24) is 19.9 Å². The van der Waals surface area contributed by atoms with E-state index >= 15 is 0 Å². The number of nitrogens with one attached hydrogen (secondary N) is 2. The molecule has 8 nitrogen and oxygen atoms in total. The molecular weight excluding hydrogens is 719 g/mol. The number of phenols is 1. The van der Waals surface area contributed by atoms with E-state index < -0.39 is 0 Å². The van der Waals surface area contributed by atoms with Gasteiger partial charge in [0.1, 0.15) is 5.75 Å². The fourth-order valence-electron chi connectivity index (χ4n) is 9.12. The summed E-state index contributed by atoms with van der Waals surface area (Å²) in [6.45, 7) is 17.7. The minimum Gasteiger partial charge on any atom is -0.508 e. The molecule has 0 saturated heterocycles. The van der Waals surface area contributed by atoms with Gasteiger partial charge in [0.15, 0.2) is 0 Å². The number of unbranched alkanes of at least 4 members (excludes halogenated alkanes) is 2. The van der Waals surface area contributed by atoms with E-state index in [1.54, 1.807) is 24.3 Å². The third kappa shape index (κ3) is 7.18. The number of aromatic hydroxyl groups is 1. The lowest BCUT2D eigenvalue weighted by molar-refractivity contribution is -0.384. The summed E-state index contributed by atoms with van der Waals surface area (Å²) < 4.78 is 0. The first-order valence-electron chi connectivity index (χ1n) is 21.4. The molecule has 58 heavy (non-hydrogen) atoms. The summed E-state index contributed by atoms with van der Waals surface area (Å²) >= 11 is 0. The number of hydrogen-bond acceptors (Lipinski definition) is 5. The van der Waals surface area contributed by atoms with Gasteiger partial charge in [0, 0.05) is 34.3 Å². The number of allylic oxidation sites excluding steroid dienone is 4. The molecule has 0 fully saturated rings. The van der Waals surface area contributed by atoms with E-state index in [0.29, 0.717) is 0 Å². The van der Waals surface area contributed by atoms with Crippen molar-refractivity contribution in [3.8, 4) is 28.0 Å². The number of H-pyrrole nitrogens is 2. The largest absolute Gasteiger partial charge is 0.508 e. The summed E-state index contributed by atoms with van der Waals surface area (Å²) in [5.74, 6) is 0.228. The normalized spacial score (nSPS) is 12.9. The van der Waals surface area contributed by atoms with Crippen LogP contribution in [0.2, 0.25) is 0 Å². The molecule has 0 radical (unpaired) electrons. The second-order valence-electron chi connectivity index (χ2n) is 15.7. The second-order valence-corrected chi connectivity index (χ2v) is 15.7. The van der Waals surface area contributed by atoms with Crippen molar-refractivity contribution in [1.29, 1.82) is 0 Å². The molecule has 7 rings (SSSR count). The Morgan fingerprint density at radius 3 is 1.74 bits per heavy atom. The van der Waals surface area contributed by atoms with Gasteiger partial charge < -0.3 is 15.1 Å². The molecule has 0 amide bonds. The maximum atomic E-state index is 11.9. The molecule has 0 unspecified atom stereocenters. The van der Waals surface area contributed by atoms with Gasteiger partial charge in [-0.3, -0.25) is 10.1 Å². The van der Waals surface area contributed by atoms with Crippen LogP contribution in [0.15, 0.2) is 60.7 Å². The smallest absolute Gasteiger partial charge is 0.269 e. The number of aromatic nitrogens is 4. The standard InChI is InChI=1S/C50H57N5O3/c1-9-15-17-39-29(7)41-27-43-35(11-3)37(13-5)47(53-43)45(32-21-25-34(56)26-22-32)48-38(14-6)36(12-4)44(54-48)28-42-30(8)40(18-16-10-2)50(52-42)46(49(39)51-41)31-19-23-33(24-20-31)55(57)58/h19-28,51,54,56H,9-18H2,1-8H3. The van der Waals surface area contributed by atoms with Gasteiger partial charge in [0.2, 0.25) is 0 Å². The molecule has 3 N–H and O–H groups in total. The highest BCUT2D eigenvalue weighted by molar-refractivity contribution is 6.03. The van der Waals surface area contributed by atoms with Crippen molar-refractivity contribution in [3.05, 3.63) is 116 Å². The first kappa shape index (κ1) is 40.4. The summed E-state index contributed by atoms with van der Waals surface area (Å²) in [7, 11) is 0. The Kier molecular flexibility index (Phi) is 11.8. The Labute approximate surface area is 342 Å². The van der Waals surface area contributed by atoms with Gasteiger partial charge in [-0.05, 0) is 157 Å². The number of phenolic OH excluding ortho intramolecular Hbond substituents is 1. The maximum Gasteiger partial charge on any atom is 0.269 e. The van der Waals surface area contributed by atoms with Crippen LogP contribution in [0.5, 0.6) is 5.75 Å².